The number of allylic oxidation sites excluding steroid dienone is 1. The number of benzene rings is 1. The fraction of sp³-hybridized carbons (Fsp3) is 0.429. The Hall–Kier alpha value is -1.28. The van der Waals surface area contributed by atoms with E-state index in [4.69, 9.17) is 9.47 Å². The molecule has 2 rings (SSSR count). The first-order valence-corrected chi connectivity index (χ1v) is 5.86. The molecule has 1 aromatic carbocycles. The lowest BCUT2D eigenvalue weighted by molar-refractivity contribution is -0.105. The number of hydrogen-bond acceptors (Lipinski definition) is 2. The van der Waals surface area contributed by atoms with Crippen LogP contribution in [-0.4, -0.2) is 12.9 Å². The lowest BCUT2D eigenvalue weighted by Crippen LogP contribution is -2.24. The fourth-order valence-electron chi connectivity index (χ4n) is 1.87. The molecule has 1 atom stereocenters. The Morgan fingerprint density at radius 3 is 3.12 bits per heavy atom. The van der Waals surface area contributed by atoms with Crippen molar-refractivity contribution < 1.29 is 9.47 Å². The molecule has 1 aliphatic heterocycles. The van der Waals surface area contributed by atoms with E-state index in [9.17, 15) is 0 Å². The molecular formula is C14H18O2. The standard InChI is InChI=1S/C14H18O2/c1-2-6-12-7-5-8-13(11-12)16-14-9-3-4-10-15-14/h2,5,7-8,11,14H,1,3-4,6,9-10H2. The van der Waals surface area contributed by atoms with E-state index in [1.807, 2.05) is 18.2 Å². The second kappa shape index (κ2) is 5.71. The van der Waals surface area contributed by atoms with Gasteiger partial charge in [0.1, 0.15) is 5.75 Å². The molecule has 2 heteroatoms. The molecule has 1 saturated heterocycles. The summed E-state index contributed by atoms with van der Waals surface area (Å²) in [4.78, 5) is 0. The molecule has 1 aliphatic rings. The lowest BCUT2D eigenvalue weighted by atomic mass is 10.1. The minimum absolute atomic E-state index is 0.0623. The van der Waals surface area contributed by atoms with Crippen molar-refractivity contribution >= 4 is 0 Å². The van der Waals surface area contributed by atoms with Crippen LogP contribution in [0.25, 0.3) is 0 Å². The van der Waals surface area contributed by atoms with Gasteiger partial charge in [0.2, 0.25) is 0 Å². The third kappa shape index (κ3) is 3.11. The average Bonchev–Trinajstić information content (AvgIpc) is 2.31. The minimum atomic E-state index is -0.0623. The van der Waals surface area contributed by atoms with E-state index in [-0.39, 0.29) is 6.29 Å². The SMILES string of the molecule is C=CCc1cccc(OC2CCCCO2)c1. The van der Waals surface area contributed by atoms with E-state index in [2.05, 4.69) is 18.7 Å². The Labute approximate surface area is 96.9 Å². The van der Waals surface area contributed by atoms with Crippen molar-refractivity contribution in [3.05, 3.63) is 42.5 Å². The molecule has 0 aliphatic carbocycles. The van der Waals surface area contributed by atoms with E-state index >= 15 is 0 Å². The normalized spacial score (nSPS) is 20.4. The lowest BCUT2D eigenvalue weighted by Gasteiger charge is -2.23. The Morgan fingerprint density at radius 1 is 1.44 bits per heavy atom. The zero-order valence-electron chi connectivity index (χ0n) is 9.52. The van der Waals surface area contributed by atoms with Gasteiger partial charge in [-0.3, -0.25) is 0 Å². The van der Waals surface area contributed by atoms with Crippen LogP contribution in [0.5, 0.6) is 5.75 Å². The quantitative estimate of drug-likeness (QED) is 0.722. The number of rotatable bonds is 4. The van der Waals surface area contributed by atoms with Gasteiger partial charge in [0.05, 0.1) is 6.61 Å². The van der Waals surface area contributed by atoms with Crippen LogP contribution in [0.1, 0.15) is 24.8 Å². The van der Waals surface area contributed by atoms with E-state index in [0.717, 1.165) is 31.6 Å². The first kappa shape index (κ1) is 11.2. The van der Waals surface area contributed by atoms with Crippen molar-refractivity contribution in [2.45, 2.75) is 32.0 Å². The molecule has 86 valence electrons. The first-order chi connectivity index (χ1) is 7.88. The van der Waals surface area contributed by atoms with Crippen molar-refractivity contribution in [3.8, 4) is 5.75 Å². The smallest absolute Gasteiger partial charge is 0.199 e. The number of ether oxygens (including phenoxy) is 2. The summed E-state index contributed by atoms with van der Waals surface area (Å²) >= 11 is 0. The predicted octanol–water partition coefficient (Wildman–Crippen LogP) is 3.32. The van der Waals surface area contributed by atoms with Crippen molar-refractivity contribution in [1.82, 2.24) is 0 Å². The summed E-state index contributed by atoms with van der Waals surface area (Å²) in [6, 6.07) is 8.12. The van der Waals surface area contributed by atoms with Crippen molar-refractivity contribution in [2.75, 3.05) is 6.61 Å². The highest BCUT2D eigenvalue weighted by Gasteiger charge is 2.14. The summed E-state index contributed by atoms with van der Waals surface area (Å²) in [6.45, 7) is 4.55. The molecule has 1 fully saturated rings. The average molecular weight is 218 g/mol. The second-order valence-electron chi connectivity index (χ2n) is 4.05. The van der Waals surface area contributed by atoms with E-state index in [0.29, 0.717) is 0 Å². The predicted molar refractivity (Wildman–Crippen MR) is 64.6 cm³/mol. The van der Waals surface area contributed by atoms with Crippen molar-refractivity contribution in [1.29, 1.82) is 0 Å². The van der Waals surface area contributed by atoms with Gasteiger partial charge in [0.25, 0.3) is 0 Å². The minimum Gasteiger partial charge on any atom is -0.465 e. The Morgan fingerprint density at radius 2 is 2.38 bits per heavy atom. The van der Waals surface area contributed by atoms with E-state index in [1.54, 1.807) is 0 Å². The van der Waals surface area contributed by atoms with Crippen molar-refractivity contribution in [2.24, 2.45) is 0 Å². The van der Waals surface area contributed by atoms with Crippen LogP contribution < -0.4 is 4.74 Å². The van der Waals surface area contributed by atoms with Crippen LogP contribution in [-0.2, 0) is 11.2 Å². The van der Waals surface area contributed by atoms with Crippen LogP contribution in [0.2, 0.25) is 0 Å². The highest BCUT2D eigenvalue weighted by Crippen LogP contribution is 2.20. The second-order valence-corrected chi connectivity index (χ2v) is 4.05. The maximum absolute atomic E-state index is 5.79. The molecule has 0 N–H and O–H groups in total. The summed E-state index contributed by atoms with van der Waals surface area (Å²) in [5, 5.41) is 0. The molecule has 0 saturated carbocycles. The fourth-order valence-corrected chi connectivity index (χ4v) is 1.87. The van der Waals surface area contributed by atoms with Gasteiger partial charge in [-0.25, -0.2) is 0 Å². The maximum Gasteiger partial charge on any atom is 0.199 e. The van der Waals surface area contributed by atoms with Gasteiger partial charge >= 0.3 is 0 Å². The molecule has 1 aromatic rings. The Kier molecular flexibility index (Phi) is 4.00. The van der Waals surface area contributed by atoms with E-state index < -0.39 is 0 Å². The topological polar surface area (TPSA) is 18.5 Å². The van der Waals surface area contributed by atoms with Gasteiger partial charge in [-0.15, -0.1) is 6.58 Å². The molecule has 0 bridgehead atoms. The van der Waals surface area contributed by atoms with Gasteiger partial charge in [0.15, 0.2) is 6.29 Å². The first-order valence-electron chi connectivity index (χ1n) is 5.86. The van der Waals surface area contributed by atoms with Crippen LogP contribution in [0, 0.1) is 0 Å². The van der Waals surface area contributed by atoms with Crippen molar-refractivity contribution in [3.63, 3.8) is 0 Å². The van der Waals surface area contributed by atoms with Crippen LogP contribution in [0.3, 0.4) is 0 Å². The largest absolute Gasteiger partial charge is 0.465 e. The summed E-state index contributed by atoms with van der Waals surface area (Å²) in [5.74, 6) is 0.895. The molecule has 1 heterocycles. The monoisotopic (exact) mass is 218 g/mol. The molecule has 1 unspecified atom stereocenters. The molecule has 0 aromatic heterocycles. The summed E-state index contributed by atoms with van der Waals surface area (Å²) < 4.78 is 11.3. The highest BCUT2D eigenvalue weighted by molar-refractivity contribution is 5.29. The molecule has 16 heavy (non-hydrogen) atoms. The zero-order valence-corrected chi connectivity index (χ0v) is 9.52. The summed E-state index contributed by atoms with van der Waals surface area (Å²) in [6.07, 6.45) is 6.05. The third-order valence-corrected chi connectivity index (χ3v) is 2.68. The zero-order chi connectivity index (χ0) is 11.2. The van der Waals surface area contributed by atoms with Crippen LogP contribution in [0.15, 0.2) is 36.9 Å². The molecule has 0 amide bonds. The van der Waals surface area contributed by atoms with E-state index in [1.165, 1.54) is 12.0 Å². The molecular weight excluding hydrogens is 200 g/mol. The van der Waals surface area contributed by atoms with Gasteiger partial charge in [-0.2, -0.15) is 0 Å². The highest BCUT2D eigenvalue weighted by atomic mass is 16.7. The number of hydrogen-bond donors (Lipinski definition) is 0. The van der Waals surface area contributed by atoms with Gasteiger partial charge in [0, 0.05) is 6.42 Å². The van der Waals surface area contributed by atoms with Gasteiger partial charge in [-0.1, -0.05) is 18.2 Å². The Balaban J connectivity index is 1.97. The Bertz CT molecular complexity index is 340. The maximum atomic E-state index is 5.79. The molecule has 2 nitrogen and oxygen atoms in total. The van der Waals surface area contributed by atoms with Gasteiger partial charge in [-0.05, 0) is 37.0 Å². The van der Waals surface area contributed by atoms with Crippen LogP contribution >= 0.6 is 0 Å². The van der Waals surface area contributed by atoms with Gasteiger partial charge < -0.3 is 9.47 Å². The van der Waals surface area contributed by atoms with Crippen LogP contribution in [0.4, 0.5) is 0 Å². The molecule has 0 spiro atoms. The summed E-state index contributed by atoms with van der Waals surface area (Å²) in [5.41, 5.74) is 1.23. The summed E-state index contributed by atoms with van der Waals surface area (Å²) in [7, 11) is 0. The molecule has 0 radical (unpaired) electrons. The third-order valence-electron chi connectivity index (χ3n) is 2.68.